The SMILES string of the molecule is COCO[C@H]([C@H]1CCC(=O)C1(C)C)[C@@H](C[C@H](C)[C@H](C=O)[C@]1(OCc2ccccc2)CO[C@@H]1CCO[Si](C)(C)C(C)(C)C)OCc1ccc(OC)cc1. The maximum atomic E-state index is 13.4. The normalized spacial score (nSPS) is 24.2. The number of ketones is 1. The third-order valence-corrected chi connectivity index (χ3v) is 16.6. The fourth-order valence-electron chi connectivity index (χ4n) is 7.51. The van der Waals surface area contributed by atoms with Crippen molar-refractivity contribution < 1.29 is 42.4 Å². The zero-order valence-electron chi connectivity index (χ0n) is 33.3. The van der Waals surface area contributed by atoms with Crippen LogP contribution in [0.15, 0.2) is 54.6 Å². The minimum Gasteiger partial charge on any atom is -0.497 e. The molecule has 0 radical (unpaired) electrons. The number of aldehydes is 1. The van der Waals surface area contributed by atoms with E-state index in [1.54, 1.807) is 14.2 Å². The molecule has 7 atom stereocenters. The van der Waals surface area contributed by atoms with Crippen molar-refractivity contribution >= 4 is 20.4 Å². The molecule has 2 aromatic rings. The van der Waals surface area contributed by atoms with Crippen LogP contribution < -0.4 is 4.74 Å². The minimum atomic E-state index is -1.99. The van der Waals surface area contributed by atoms with Crippen LogP contribution in [0.4, 0.5) is 0 Å². The molecule has 1 saturated heterocycles. The Morgan fingerprint density at radius 3 is 2.19 bits per heavy atom. The van der Waals surface area contributed by atoms with E-state index in [1.165, 1.54) is 0 Å². The Bertz CT molecular complexity index is 1410. The molecule has 2 aromatic carbocycles. The quantitative estimate of drug-likeness (QED) is 0.0713. The van der Waals surface area contributed by atoms with Gasteiger partial charge in [-0.05, 0) is 66.6 Å². The molecule has 9 nitrogen and oxygen atoms in total. The maximum Gasteiger partial charge on any atom is 0.191 e. The number of hydrogen-bond acceptors (Lipinski definition) is 9. The van der Waals surface area contributed by atoms with E-state index >= 15 is 0 Å². The van der Waals surface area contributed by atoms with E-state index < -0.39 is 37.5 Å². The van der Waals surface area contributed by atoms with Crippen molar-refractivity contribution in [2.24, 2.45) is 23.2 Å². The number of methoxy groups -OCH3 is 2. The van der Waals surface area contributed by atoms with Crippen molar-refractivity contribution in [1.29, 1.82) is 0 Å². The summed E-state index contributed by atoms with van der Waals surface area (Å²) in [5, 5.41) is 0.0783. The molecule has 2 aliphatic rings. The molecule has 0 bridgehead atoms. The van der Waals surface area contributed by atoms with Crippen molar-refractivity contribution in [2.75, 3.05) is 34.2 Å². The second-order valence-corrected chi connectivity index (χ2v) is 21.6. The summed E-state index contributed by atoms with van der Waals surface area (Å²) in [5.41, 5.74) is 0.573. The van der Waals surface area contributed by atoms with Crippen molar-refractivity contribution in [3.05, 3.63) is 65.7 Å². The zero-order chi connectivity index (χ0) is 38.2. The average Bonchev–Trinajstić information content (AvgIpc) is 3.37. The van der Waals surface area contributed by atoms with Gasteiger partial charge in [0.15, 0.2) is 8.32 Å². The fourth-order valence-corrected chi connectivity index (χ4v) is 8.57. The van der Waals surface area contributed by atoms with Crippen LogP contribution in [-0.4, -0.2) is 78.5 Å². The van der Waals surface area contributed by atoms with E-state index in [0.717, 1.165) is 23.2 Å². The third-order valence-electron chi connectivity index (χ3n) is 12.1. The lowest BCUT2D eigenvalue weighted by Crippen LogP contribution is -2.66. The predicted molar refractivity (Wildman–Crippen MR) is 205 cm³/mol. The summed E-state index contributed by atoms with van der Waals surface area (Å²) < 4.78 is 43.7. The summed E-state index contributed by atoms with van der Waals surface area (Å²) in [6.07, 6.45) is 2.15. The highest BCUT2D eigenvalue weighted by molar-refractivity contribution is 6.74. The smallest absolute Gasteiger partial charge is 0.191 e. The van der Waals surface area contributed by atoms with Crippen LogP contribution in [0, 0.1) is 23.2 Å². The van der Waals surface area contributed by atoms with Crippen molar-refractivity contribution in [3.63, 3.8) is 0 Å². The largest absolute Gasteiger partial charge is 0.497 e. The Morgan fingerprint density at radius 2 is 1.65 bits per heavy atom. The maximum absolute atomic E-state index is 13.4. The van der Waals surface area contributed by atoms with Gasteiger partial charge in [0.05, 0.1) is 51.2 Å². The summed E-state index contributed by atoms with van der Waals surface area (Å²) in [5.74, 6) is 0.210. The number of hydrogen-bond donors (Lipinski definition) is 0. The molecule has 290 valence electrons. The molecule has 1 heterocycles. The van der Waals surface area contributed by atoms with Crippen LogP contribution in [-0.2, 0) is 50.9 Å². The van der Waals surface area contributed by atoms with Crippen molar-refractivity contribution in [2.45, 2.75) is 122 Å². The molecule has 0 unspecified atom stereocenters. The molecule has 1 aliphatic heterocycles. The fraction of sp³-hybridized carbons (Fsp3) is 0.667. The zero-order valence-corrected chi connectivity index (χ0v) is 34.3. The molecule has 0 aromatic heterocycles. The third kappa shape index (κ3) is 9.99. The molecule has 0 spiro atoms. The van der Waals surface area contributed by atoms with Crippen LogP contribution in [0.2, 0.25) is 18.1 Å². The highest BCUT2D eigenvalue weighted by Crippen LogP contribution is 2.47. The Hall–Kier alpha value is -2.44. The van der Waals surface area contributed by atoms with Gasteiger partial charge in [-0.2, -0.15) is 0 Å². The van der Waals surface area contributed by atoms with Gasteiger partial charge in [-0.3, -0.25) is 4.79 Å². The molecular formula is C42H64O9Si. The summed E-state index contributed by atoms with van der Waals surface area (Å²) in [6, 6.07) is 17.8. The number of ether oxygens (including phenoxy) is 6. The van der Waals surface area contributed by atoms with Gasteiger partial charge >= 0.3 is 0 Å². The van der Waals surface area contributed by atoms with Gasteiger partial charge in [0.1, 0.15) is 30.2 Å². The van der Waals surface area contributed by atoms with Gasteiger partial charge in [0.2, 0.25) is 0 Å². The van der Waals surface area contributed by atoms with Gasteiger partial charge in [-0.15, -0.1) is 0 Å². The second-order valence-electron chi connectivity index (χ2n) is 16.8. The average molecular weight is 741 g/mol. The Labute approximate surface area is 313 Å². The first-order valence-corrected chi connectivity index (χ1v) is 21.8. The lowest BCUT2D eigenvalue weighted by atomic mass is 9.69. The molecule has 2 fully saturated rings. The topological polar surface area (TPSA) is 98.8 Å². The monoisotopic (exact) mass is 740 g/mol. The lowest BCUT2D eigenvalue weighted by molar-refractivity contribution is -0.292. The molecule has 52 heavy (non-hydrogen) atoms. The first-order valence-electron chi connectivity index (χ1n) is 18.9. The first-order chi connectivity index (χ1) is 24.6. The van der Waals surface area contributed by atoms with E-state index in [1.807, 2.05) is 68.4 Å². The van der Waals surface area contributed by atoms with Crippen LogP contribution in [0.3, 0.4) is 0 Å². The van der Waals surface area contributed by atoms with Crippen molar-refractivity contribution in [3.8, 4) is 5.75 Å². The molecule has 4 rings (SSSR count). The van der Waals surface area contributed by atoms with Crippen LogP contribution in [0.5, 0.6) is 5.75 Å². The Balaban J connectivity index is 1.64. The van der Waals surface area contributed by atoms with E-state index in [4.69, 9.17) is 32.8 Å². The number of rotatable bonds is 21. The first kappa shape index (κ1) is 42.3. The Kier molecular flexibility index (Phi) is 14.9. The van der Waals surface area contributed by atoms with Gasteiger partial charge in [0.25, 0.3) is 0 Å². The van der Waals surface area contributed by atoms with Crippen LogP contribution >= 0.6 is 0 Å². The Morgan fingerprint density at radius 1 is 0.981 bits per heavy atom. The minimum absolute atomic E-state index is 0.0631. The van der Waals surface area contributed by atoms with Crippen LogP contribution in [0.1, 0.15) is 78.4 Å². The summed E-state index contributed by atoms with van der Waals surface area (Å²) in [4.78, 5) is 26.5. The highest BCUT2D eigenvalue weighted by Gasteiger charge is 2.57. The number of carbonyl (C=O) groups is 2. The highest BCUT2D eigenvalue weighted by atomic mass is 28.4. The summed E-state index contributed by atoms with van der Waals surface area (Å²) in [6.45, 7) is 18.9. The lowest BCUT2D eigenvalue weighted by Gasteiger charge is -2.53. The summed E-state index contributed by atoms with van der Waals surface area (Å²) >= 11 is 0. The van der Waals surface area contributed by atoms with Gasteiger partial charge in [-0.1, -0.05) is 84.0 Å². The molecule has 10 heteroatoms. The standard InChI is InChI=1S/C42H64O9Si/c1-30(24-36(47-26-32-16-18-33(46-8)19-17-32)39(49-29-45-7)34-20-21-37(44)41(34,5)6)35(25-43)42(50-27-31-14-12-11-13-15-31)28-48-38(42)22-23-51-52(9,10)40(2,3)4/h11-19,25,30,34-36,38-39H,20-24,26-29H2,1-10H3/t30-,34+,35-,36+,38+,39+,42+/m0/s1. The number of carbonyl (C=O) groups excluding carboxylic acids is 2. The second kappa shape index (κ2) is 18.3. The molecule has 1 saturated carbocycles. The van der Waals surface area contributed by atoms with Gasteiger partial charge < -0.3 is 37.6 Å². The molecular weight excluding hydrogens is 677 g/mol. The van der Waals surface area contributed by atoms with E-state index in [9.17, 15) is 9.59 Å². The van der Waals surface area contributed by atoms with Crippen molar-refractivity contribution in [1.82, 2.24) is 0 Å². The van der Waals surface area contributed by atoms with Crippen LogP contribution in [0.25, 0.3) is 0 Å². The van der Waals surface area contributed by atoms with E-state index in [-0.39, 0.29) is 35.6 Å². The molecule has 0 amide bonds. The van der Waals surface area contributed by atoms with Gasteiger partial charge in [0, 0.05) is 31.5 Å². The van der Waals surface area contributed by atoms with E-state index in [0.29, 0.717) is 52.1 Å². The molecule has 1 aliphatic carbocycles. The predicted octanol–water partition coefficient (Wildman–Crippen LogP) is 8.18. The summed E-state index contributed by atoms with van der Waals surface area (Å²) in [7, 11) is 1.25. The number of benzene rings is 2. The molecule has 0 N–H and O–H groups in total. The van der Waals surface area contributed by atoms with E-state index in [2.05, 4.69) is 40.8 Å². The number of Topliss-reactive ketones (excluding diaryl/α,β-unsaturated/α-hetero) is 1. The van der Waals surface area contributed by atoms with Gasteiger partial charge in [-0.25, -0.2) is 0 Å².